The maximum Gasteiger partial charge on any atom is 0.412 e. The van der Waals surface area contributed by atoms with Gasteiger partial charge >= 0.3 is 6.09 Å². The van der Waals surface area contributed by atoms with Gasteiger partial charge in [-0.05, 0) is 29.5 Å². The van der Waals surface area contributed by atoms with E-state index in [-0.39, 0.29) is 23.4 Å². The first-order valence-electron chi connectivity index (χ1n) is 9.50. The molecule has 154 valence electrons. The minimum absolute atomic E-state index is 0.181. The molecule has 0 aliphatic heterocycles. The standard InChI is InChI=1S/C21H30N2O5/c1-6-7-10-28-17-16-11-14(12-24)8-9-15(16)19(25)23(13-21(2,3)4)18(17)22(5)20(26)27/h8-9,11,24H,6-7,10,12-13H2,1-5H3,(H,26,27). The largest absolute Gasteiger partial charge is 0.489 e. The van der Waals surface area contributed by atoms with Crippen LogP contribution in [0.25, 0.3) is 10.8 Å². The molecule has 0 unspecified atom stereocenters. The van der Waals surface area contributed by atoms with Gasteiger partial charge in [0.1, 0.15) is 0 Å². The fraction of sp³-hybridized carbons (Fsp3) is 0.524. The second-order valence-electron chi connectivity index (χ2n) is 8.19. The summed E-state index contributed by atoms with van der Waals surface area (Å²) in [6.45, 7) is 8.56. The molecule has 0 aliphatic carbocycles. The van der Waals surface area contributed by atoms with Crippen molar-refractivity contribution >= 4 is 22.7 Å². The molecule has 0 fully saturated rings. The van der Waals surface area contributed by atoms with Crippen molar-refractivity contribution in [1.82, 2.24) is 4.57 Å². The van der Waals surface area contributed by atoms with E-state index in [4.69, 9.17) is 4.74 Å². The summed E-state index contributed by atoms with van der Waals surface area (Å²) in [6, 6.07) is 5.06. The quantitative estimate of drug-likeness (QED) is 0.701. The van der Waals surface area contributed by atoms with Crippen molar-refractivity contribution in [3.8, 4) is 5.75 Å². The van der Waals surface area contributed by atoms with E-state index in [1.165, 1.54) is 11.6 Å². The van der Waals surface area contributed by atoms with Gasteiger partial charge < -0.3 is 14.9 Å². The van der Waals surface area contributed by atoms with Crippen LogP contribution in [0.4, 0.5) is 10.6 Å². The molecular weight excluding hydrogens is 360 g/mol. The first kappa shape index (κ1) is 21.8. The molecule has 0 bridgehead atoms. The molecule has 2 aromatic rings. The van der Waals surface area contributed by atoms with E-state index in [2.05, 4.69) is 0 Å². The number of hydrogen-bond acceptors (Lipinski definition) is 4. The maximum absolute atomic E-state index is 13.3. The highest BCUT2D eigenvalue weighted by Crippen LogP contribution is 2.36. The Balaban J connectivity index is 2.91. The normalized spacial score (nSPS) is 11.6. The van der Waals surface area contributed by atoms with Crippen LogP contribution < -0.4 is 15.2 Å². The van der Waals surface area contributed by atoms with Crippen LogP contribution in [-0.4, -0.2) is 34.5 Å². The van der Waals surface area contributed by atoms with E-state index in [1.807, 2.05) is 27.7 Å². The Labute approximate surface area is 165 Å². The smallest absolute Gasteiger partial charge is 0.412 e. The van der Waals surface area contributed by atoms with Gasteiger partial charge in [0.2, 0.25) is 0 Å². The molecule has 1 amide bonds. The molecule has 2 N–H and O–H groups in total. The average Bonchev–Trinajstić information content (AvgIpc) is 2.63. The zero-order valence-electron chi connectivity index (χ0n) is 17.3. The molecule has 2 rings (SSSR count). The highest BCUT2D eigenvalue weighted by Gasteiger charge is 2.26. The van der Waals surface area contributed by atoms with Crippen molar-refractivity contribution in [3.05, 3.63) is 34.1 Å². The van der Waals surface area contributed by atoms with Crippen molar-refractivity contribution in [1.29, 1.82) is 0 Å². The van der Waals surface area contributed by atoms with Crippen molar-refractivity contribution in [3.63, 3.8) is 0 Å². The molecule has 0 radical (unpaired) electrons. The Bertz CT molecular complexity index is 912. The first-order valence-corrected chi connectivity index (χ1v) is 9.50. The van der Waals surface area contributed by atoms with Crippen LogP contribution >= 0.6 is 0 Å². The summed E-state index contributed by atoms with van der Waals surface area (Å²) in [7, 11) is 1.41. The highest BCUT2D eigenvalue weighted by atomic mass is 16.5. The number of carboxylic acid groups (broad SMARTS) is 1. The number of nitrogens with zero attached hydrogens (tertiary/aromatic N) is 2. The van der Waals surface area contributed by atoms with E-state index in [1.54, 1.807) is 18.2 Å². The van der Waals surface area contributed by atoms with E-state index in [0.717, 1.165) is 17.7 Å². The van der Waals surface area contributed by atoms with Gasteiger partial charge in [0, 0.05) is 19.0 Å². The van der Waals surface area contributed by atoms with Crippen LogP contribution in [-0.2, 0) is 13.2 Å². The number of benzene rings is 1. The van der Waals surface area contributed by atoms with Gasteiger partial charge in [-0.2, -0.15) is 0 Å². The van der Waals surface area contributed by atoms with Gasteiger partial charge in [0.25, 0.3) is 5.56 Å². The maximum atomic E-state index is 13.3. The molecule has 0 saturated carbocycles. The van der Waals surface area contributed by atoms with E-state index in [9.17, 15) is 19.8 Å². The number of pyridine rings is 1. The SMILES string of the molecule is CCCCOc1c(N(C)C(=O)O)n(CC(C)(C)C)c(=O)c2ccc(CO)cc12. The van der Waals surface area contributed by atoms with Crippen molar-refractivity contribution < 1.29 is 19.7 Å². The van der Waals surface area contributed by atoms with Crippen LogP contribution in [0.5, 0.6) is 5.75 Å². The third kappa shape index (κ3) is 4.65. The summed E-state index contributed by atoms with van der Waals surface area (Å²) in [5, 5.41) is 20.1. The number of aliphatic hydroxyl groups is 1. The van der Waals surface area contributed by atoms with Crippen LogP contribution in [0, 0.1) is 5.41 Å². The van der Waals surface area contributed by atoms with Gasteiger partial charge in [-0.3, -0.25) is 14.3 Å². The van der Waals surface area contributed by atoms with E-state index >= 15 is 0 Å². The Hall–Kier alpha value is -2.54. The molecular formula is C21H30N2O5. The van der Waals surface area contributed by atoms with Gasteiger partial charge in [-0.25, -0.2) is 4.79 Å². The van der Waals surface area contributed by atoms with Crippen LogP contribution in [0.1, 0.15) is 46.1 Å². The summed E-state index contributed by atoms with van der Waals surface area (Å²) in [5.74, 6) is 0.568. The molecule has 1 aromatic carbocycles. The third-order valence-electron chi connectivity index (χ3n) is 4.43. The number of unbranched alkanes of at least 4 members (excludes halogenated alkanes) is 1. The van der Waals surface area contributed by atoms with Gasteiger partial charge in [-0.1, -0.05) is 40.2 Å². The molecule has 7 heteroatoms. The Morgan fingerprint density at radius 1 is 1.25 bits per heavy atom. The van der Waals surface area contributed by atoms with Crippen LogP contribution in [0.3, 0.4) is 0 Å². The number of fused-ring (bicyclic) bond motifs is 1. The molecule has 1 heterocycles. The van der Waals surface area contributed by atoms with Gasteiger partial charge in [0.15, 0.2) is 11.6 Å². The minimum atomic E-state index is -1.18. The van der Waals surface area contributed by atoms with Crippen molar-refractivity contribution in [2.45, 2.75) is 53.7 Å². The summed E-state index contributed by atoms with van der Waals surface area (Å²) < 4.78 is 7.51. The minimum Gasteiger partial charge on any atom is -0.489 e. The molecule has 7 nitrogen and oxygen atoms in total. The highest BCUT2D eigenvalue weighted by molar-refractivity contribution is 5.96. The average molecular weight is 390 g/mol. The lowest BCUT2D eigenvalue weighted by molar-refractivity contribution is 0.202. The molecule has 0 aliphatic rings. The zero-order valence-corrected chi connectivity index (χ0v) is 17.3. The lowest BCUT2D eigenvalue weighted by Gasteiger charge is -2.28. The predicted molar refractivity (Wildman–Crippen MR) is 110 cm³/mol. The fourth-order valence-electron chi connectivity index (χ4n) is 3.05. The number of anilines is 1. The number of amides is 1. The monoisotopic (exact) mass is 390 g/mol. The van der Waals surface area contributed by atoms with Crippen LogP contribution in [0.2, 0.25) is 0 Å². The summed E-state index contributed by atoms with van der Waals surface area (Å²) in [6.07, 6.45) is 0.543. The lowest BCUT2D eigenvalue weighted by Crippen LogP contribution is -2.35. The van der Waals surface area contributed by atoms with Crippen LogP contribution in [0.15, 0.2) is 23.0 Å². The third-order valence-corrected chi connectivity index (χ3v) is 4.43. The topological polar surface area (TPSA) is 92.0 Å². The number of aliphatic hydroxyl groups excluding tert-OH is 1. The number of ether oxygens (including phenoxy) is 1. The number of hydrogen-bond donors (Lipinski definition) is 2. The Morgan fingerprint density at radius 2 is 1.93 bits per heavy atom. The van der Waals surface area contributed by atoms with Gasteiger partial charge in [-0.15, -0.1) is 0 Å². The number of carbonyl (C=O) groups is 1. The summed E-state index contributed by atoms with van der Waals surface area (Å²) in [4.78, 5) is 26.1. The first-order chi connectivity index (χ1) is 13.1. The number of rotatable bonds is 7. The van der Waals surface area contributed by atoms with E-state index < -0.39 is 6.09 Å². The molecule has 0 atom stereocenters. The second-order valence-corrected chi connectivity index (χ2v) is 8.19. The molecule has 28 heavy (non-hydrogen) atoms. The lowest BCUT2D eigenvalue weighted by atomic mass is 9.96. The second kappa shape index (κ2) is 8.65. The zero-order chi connectivity index (χ0) is 21.1. The fourth-order valence-corrected chi connectivity index (χ4v) is 3.05. The van der Waals surface area contributed by atoms with Crippen molar-refractivity contribution in [2.24, 2.45) is 5.41 Å². The van der Waals surface area contributed by atoms with E-state index in [0.29, 0.717) is 35.2 Å². The molecule has 0 saturated heterocycles. The van der Waals surface area contributed by atoms with Crippen molar-refractivity contribution in [2.75, 3.05) is 18.6 Å². The Kier molecular flexibility index (Phi) is 6.72. The summed E-state index contributed by atoms with van der Waals surface area (Å²) in [5.41, 5.74) is 0.0993. The van der Waals surface area contributed by atoms with Gasteiger partial charge in [0.05, 0.1) is 18.6 Å². The molecule has 1 aromatic heterocycles. The Morgan fingerprint density at radius 3 is 2.46 bits per heavy atom. The summed E-state index contributed by atoms with van der Waals surface area (Å²) >= 11 is 0. The molecule has 0 spiro atoms. The predicted octanol–water partition coefficient (Wildman–Crippen LogP) is 3.83. The number of aromatic nitrogens is 1.